The van der Waals surface area contributed by atoms with Gasteiger partial charge in [-0.15, -0.1) is 24.0 Å². The lowest BCUT2D eigenvalue weighted by atomic mass is 9.85. The lowest BCUT2D eigenvalue weighted by Crippen LogP contribution is -2.40. The van der Waals surface area contributed by atoms with Crippen LogP contribution in [0.15, 0.2) is 35.3 Å². The lowest BCUT2D eigenvalue weighted by Gasteiger charge is -2.26. The Morgan fingerprint density at radius 1 is 1.24 bits per heavy atom. The number of guanidine groups is 1. The quantitative estimate of drug-likeness (QED) is 0.414. The number of pyridine rings is 1. The summed E-state index contributed by atoms with van der Waals surface area (Å²) in [5.74, 6) is 2.66. The summed E-state index contributed by atoms with van der Waals surface area (Å²) in [6.07, 6.45) is 4.05. The molecule has 1 aromatic heterocycles. The molecule has 1 heterocycles. The fourth-order valence-corrected chi connectivity index (χ4v) is 2.94. The number of halogens is 1. The van der Waals surface area contributed by atoms with Gasteiger partial charge in [-0.1, -0.05) is 24.6 Å². The minimum Gasteiger partial charge on any atom is -0.363 e. The van der Waals surface area contributed by atoms with Crippen molar-refractivity contribution in [3.8, 4) is 0 Å². The van der Waals surface area contributed by atoms with Gasteiger partial charge in [-0.25, -0.2) is 4.98 Å². The highest BCUT2D eigenvalue weighted by Crippen LogP contribution is 2.25. The Kier molecular flexibility index (Phi) is 7.28. The minimum atomic E-state index is 0. The van der Waals surface area contributed by atoms with Crippen molar-refractivity contribution >= 4 is 46.7 Å². The minimum absolute atomic E-state index is 0. The van der Waals surface area contributed by atoms with E-state index in [1.54, 1.807) is 0 Å². The summed E-state index contributed by atoms with van der Waals surface area (Å²) in [5, 5.41) is 8.07. The van der Waals surface area contributed by atoms with Gasteiger partial charge in [0.2, 0.25) is 0 Å². The second kappa shape index (κ2) is 9.22. The first kappa shape index (κ1) is 19.8. The predicted molar refractivity (Wildman–Crippen MR) is 117 cm³/mol. The fourth-order valence-electron chi connectivity index (χ4n) is 2.94. The van der Waals surface area contributed by atoms with Crippen molar-refractivity contribution in [1.82, 2.24) is 15.6 Å². The summed E-state index contributed by atoms with van der Waals surface area (Å²) in [7, 11) is 5.87. The van der Waals surface area contributed by atoms with E-state index in [0.29, 0.717) is 0 Å². The maximum absolute atomic E-state index is 4.71. The van der Waals surface area contributed by atoms with Gasteiger partial charge in [-0.05, 0) is 36.5 Å². The highest BCUT2D eigenvalue weighted by molar-refractivity contribution is 14.0. The molecule has 0 spiro atoms. The standard InChI is InChI=1S/C19H27N5.HI/c1-20-19(21-12-14-7-6-8-14)22-13-15-11-18(24(2)3)23-17-10-5-4-9-16(15)17;/h4-5,9-11,14H,6-8,12-13H2,1-3H3,(H2,20,21,22);1H. The van der Waals surface area contributed by atoms with Crippen molar-refractivity contribution in [3.63, 3.8) is 0 Å². The zero-order chi connectivity index (χ0) is 16.9. The topological polar surface area (TPSA) is 52.6 Å². The molecule has 0 bridgehead atoms. The molecule has 6 heteroatoms. The second-order valence-electron chi connectivity index (χ2n) is 6.65. The first-order chi connectivity index (χ1) is 11.7. The highest BCUT2D eigenvalue weighted by Gasteiger charge is 2.17. The number of aliphatic imine (C=N–C) groups is 1. The molecular weight excluding hydrogens is 425 g/mol. The Morgan fingerprint density at radius 3 is 2.64 bits per heavy atom. The summed E-state index contributed by atoms with van der Waals surface area (Å²) in [6, 6.07) is 10.4. The Hall–Kier alpha value is -1.57. The van der Waals surface area contributed by atoms with Gasteiger partial charge in [0.15, 0.2) is 5.96 Å². The monoisotopic (exact) mass is 453 g/mol. The lowest BCUT2D eigenvalue weighted by molar-refractivity contribution is 0.314. The van der Waals surface area contributed by atoms with E-state index in [-0.39, 0.29) is 24.0 Å². The summed E-state index contributed by atoms with van der Waals surface area (Å²) in [5.41, 5.74) is 2.26. The fraction of sp³-hybridized carbons (Fsp3) is 0.474. The second-order valence-corrected chi connectivity index (χ2v) is 6.65. The molecule has 25 heavy (non-hydrogen) atoms. The molecule has 1 aliphatic carbocycles. The van der Waals surface area contributed by atoms with Crippen molar-refractivity contribution in [2.75, 3.05) is 32.6 Å². The van der Waals surface area contributed by atoms with Crippen LogP contribution in [-0.4, -0.2) is 38.6 Å². The molecule has 136 valence electrons. The zero-order valence-electron chi connectivity index (χ0n) is 15.2. The van der Waals surface area contributed by atoms with E-state index in [2.05, 4.69) is 39.9 Å². The maximum Gasteiger partial charge on any atom is 0.191 e. The Balaban J connectivity index is 0.00000225. The Bertz CT molecular complexity index is 725. The summed E-state index contributed by atoms with van der Waals surface area (Å²) in [6.45, 7) is 1.74. The van der Waals surface area contributed by atoms with E-state index in [1.807, 2.05) is 32.1 Å². The number of aromatic nitrogens is 1. The van der Waals surface area contributed by atoms with Gasteiger partial charge >= 0.3 is 0 Å². The molecule has 0 amide bonds. The van der Waals surface area contributed by atoms with Crippen molar-refractivity contribution in [1.29, 1.82) is 0 Å². The third-order valence-corrected chi connectivity index (χ3v) is 4.70. The number of anilines is 1. The van der Waals surface area contributed by atoms with Crippen molar-refractivity contribution in [2.45, 2.75) is 25.8 Å². The molecule has 0 atom stereocenters. The average Bonchev–Trinajstić information content (AvgIpc) is 2.55. The maximum atomic E-state index is 4.71. The van der Waals surface area contributed by atoms with E-state index < -0.39 is 0 Å². The van der Waals surface area contributed by atoms with E-state index in [4.69, 9.17) is 4.98 Å². The van der Waals surface area contributed by atoms with Crippen molar-refractivity contribution in [3.05, 3.63) is 35.9 Å². The largest absolute Gasteiger partial charge is 0.363 e. The SMILES string of the molecule is CN=C(NCc1cc(N(C)C)nc2ccccc12)NCC1CCC1.I. The highest BCUT2D eigenvalue weighted by atomic mass is 127. The van der Waals surface area contributed by atoms with E-state index in [9.17, 15) is 0 Å². The molecule has 2 N–H and O–H groups in total. The molecule has 0 aliphatic heterocycles. The van der Waals surface area contributed by atoms with Crippen LogP contribution in [0.25, 0.3) is 10.9 Å². The molecule has 5 nitrogen and oxygen atoms in total. The third kappa shape index (κ3) is 4.96. The van der Waals surface area contributed by atoms with Gasteiger partial charge in [-0.2, -0.15) is 0 Å². The zero-order valence-corrected chi connectivity index (χ0v) is 17.6. The number of nitrogens with one attached hydrogen (secondary N) is 2. The summed E-state index contributed by atoms with van der Waals surface area (Å²) < 4.78 is 0. The third-order valence-electron chi connectivity index (χ3n) is 4.70. The van der Waals surface area contributed by atoms with Crippen LogP contribution in [0.2, 0.25) is 0 Å². The van der Waals surface area contributed by atoms with Crippen LogP contribution in [-0.2, 0) is 6.54 Å². The van der Waals surface area contributed by atoms with Crippen LogP contribution in [0.5, 0.6) is 0 Å². The van der Waals surface area contributed by atoms with Crippen LogP contribution in [0.3, 0.4) is 0 Å². The molecule has 1 aromatic carbocycles. The number of hydrogen-bond donors (Lipinski definition) is 2. The van der Waals surface area contributed by atoms with Gasteiger partial charge in [-0.3, -0.25) is 4.99 Å². The molecule has 0 unspecified atom stereocenters. The number of para-hydroxylation sites is 1. The number of benzene rings is 1. The van der Waals surface area contributed by atoms with Crippen LogP contribution in [0, 0.1) is 5.92 Å². The number of fused-ring (bicyclic) bond motifs is 1. The Morgan fingerprint density at radius 2 is 2.00 bits per heavy atom. The van der Waals surface area contributed by atoms with Gasteiger partial charge in [0.05, 0.1) is 5.52 Å². The van der Waals surface area contributed by atoms with E-state index in [0.717, 1.165) is 36.3 Å². The molecule has 0 radical (unpaired) electrons. The van der Waals surface area contributed by atoms with Crippen molar-refractivity contribution < 1.29 is 0 Å². The van der Waals surface area contributed by atoms with E-state index >= 15 is 0 Å². The average molecular weight is 453 g/mol. The van der Waals surface area contributed by atoms with Gasteiger partial charge < -0.3 is 15.5 Å². The number of hydrogen-bond acceptors (Lipinski definition) is 3. The first-order valence-electron chi connectivity index (χ1n) is 8.68. The molecular formula is C19H28IN5. The normalized spacial score (nSPS) is 14.6. The van der Waals surface area contributed by atoms with E-state index in [1.165, 1.54) is 30.2 Å². The summed E-state index contributed by atoms with van der Waals surface area (Å²) >= 11 is 0. The number of nitrogens with zero attached hydrogens (tertiary/aromatic N) is 3. The van der Waals surface area contributed by atoms with Crippen LogP contribution in [0.4, 0.5) is 5.82 Å². The molecule has 1 fully saturated rings. The van der Waals surface area contributed by atoms with Crippen LogP contribution in [0.1, 0.15) is 24.8 Å². The predicted octanol–water partition coefficient (Wildman–Crippen LogP) is 3.38. The smallest absolute Gasteiger partial charge is 0.191 e. The Labute approximate surface area is 167 Å². The van der Waals surface area contributed by atoms with Gasteiger partial charge in [0.1, 0.15) is 5.82 Å². The molecule has 0 saturated heterocycles. The van der Waals surface area contributed by atoms with Crippen LogP contribution >= 0.6 is 24.0 Å². The number of rotatable bonds is 5. The molecule has 1 saturated carbocycles. The molecule has 3 rings (SSSR count). The molecule has 1 aliphatic rings. The van der Waals surface area contributed by atoms with Crippen LogP contribution < -0.4 is 15.5 Å². The summed E-state index contributed by atoms with van der Waals surface area (Å²) in [4.78, 5) is 11.1. The first-order valence-corrected chi connectivity index (χ1v) is 8.68. The molecule has 2 aromatic rings. The van der Waals surface area contributed by atoms with Crippen molar-refractivity contribution in [2.24, 2.45) is 10.9 Å². The van der Waals surface area contributed by atoms with Gasteiger partial charge in [0, 0.05) is 39.6 Å². The van der Waals surface area contributed by atoms with Gasteiger partial charge in [0.25, 0.3) is 0 Å².